The van der Waals surface area contributed by atoms with Crippen LogP contribution in [-0.2, 0) is 0 Å². The monoisotopic (exact) mass is 285 g/mol. The van der Waals surface area contributed by atoms with Gasteiger partial charge in [-0.15, -0.1) is 0 Å². The number of benzene rings is 2. The molecular formula is C14H12B2ClO3. The lowest BCUT2D eigenvalue weighted by Gasteiger charge is -2.02. The van der Waals surface area contributed by atoms with Gasteiger partial charge in [-0.05, 0) is 22.7 Å². The largest absolute Gasteiger partial charge is 0.488 e. The maximum Gasteiger partial charge on any atom is 0.488 e. The van der Waals surface area contributed by atoms with Crippen molar-refractivity contribution in [3.63, 3.8) is 0 Å². The number of rotatable bonds is 4. The summed E-state index contributed by atoms with van der Waals surface area (Å²) in [6, 6.07) is 12.1. The van der Waals surface area contributed by atoms with Gasteiger partial charge < -0.3 is 15.1 Å². The van der Waals surface area contributed by atoms with Gasteiger partial charge in [0.2, 0.25) is 0 Å². The second kappa shape index (κ2) is 6.77. The van der Waals surface area contributed by atoms with E-state index in [-0.39, 0.29) is 0 Å². The molecule has 99 valence electrons. The maximum absolute atomic E-state index is 9.12. The summed E-state index contributed by atoms with van der Waals surface area (Å²) in [6.07, 6.45) is 3.65. The molecule has 0 aliphatic carbocycles. The Bertz CT molecular complexity index is 630. The van der Waals surface area contributed by atoms with Crippen molar-refractivity contribution < 1.29 is 15.1 Å². The second-order valence-corrected chi connectivity index (χ2v) is 4.69. The Balaban J connectivity index is 2.23. The first kappa shape index (κ1) is 14.9. The Morgan fingerprint density at radius 1 is 1.05 bits per heavy atom. The van der Waals surface area contributed by atoms with E-state index in [1.54, 1.807) is 36.4 Å². The molecule has 2 rings (SSSR count). The summed E-state index contributed by atoms with van der Waals surface area (Å²) in [5.74, 6) is 0. The van der Waals surface area contributed by atoms with E-state index >= 15 is 0 Å². The van der Waals surface area contributed by atoms with Crippen LogP contribution in [0.2, 0.25) is 5.02 Å². The van der Waals surface area contributed by atoms with E-state index in [4.69, 9.17) is 26.7 Å². The molecule has 0 atom stereocenters. The molecule has 6 heteroatoms. The van der Waals surface area contributed by atoms with Crippen molar-refractivity contribution in [2.45, 2.75) is 0 Å². The third kappa shape index (κ3) is 3.74. The number of hydrogen-bond donors (Lipinski definition) is 3. The molecule has 0 saturated carbocycles. The molecule has 0 bridgehead atoms. The molecule has 20 heavy (non-hydrogen) atoms. The predicted molar refractivity (Wildman–Crippen MR) is 84.3 cm³/mol. The lowest BCUT2D eigenvalue weighted by Crippen LogP contribution is -2.29. The van der Waals surface area contributed by atoms with E-state index < -0.39 is 7.12 Å². The number of hydrogen-bond acceptors (Lipinski definition) is 3. The van der Waals surface area contributed by atoms with Gasteiger partial charge in [0.15, 0.2) is 0 Å². The predicted octanol–water partition coefficient (Wildman–Crippen LogP) is 0.427. The third-order valence-corrected chi connectivity index (χ3v) is 3.17. The van der Waals surface area contributed by atoms with Crippen molar-refractivity contribution in [2.75, 3.05) is 0 Å². The van der Waals surface area contributed by atoms with E-state index in [9.17, 15) is 0 Å². The zero-order valence-electron chi connectivity index (χ0n) is 10.6. The Hall–Kier alpha value is -1.52. The molecule has 0 unspecified atom stereocenters. The lowest BCUT2D eigenvalue weighted by atomic mass is 9.79. The van der Waals surface area contributed by atoms with Gasteiger partial charge in [-0.1, -0.05) is 65.6 Å². The van der Waals surface area contributed by atoms with E-state index in [2.05, 4.69) is 0 Å². The molecular weight excluding hydrogens is 273 g/mol. The molecule has 0 heterocycles. The fourth-order valence-corrected chi connectivity index (χ4v) is 2.02. The SMILES string of the molecule is O[B]c1ccc(/C=C/c2cccc(B(O)O)c2)c(Cl)c1. The van der Waals surface area contributed by atoms with Crippen LogP contribution < -0.4 is 10.9 Å². The van der Waals surface area contributed by atoms with Crippen molar-refractivity contribution in [1.82, 2.24) is 0 Å². The molecule has 0 spiro atoms. The zero-order valence-corrected chi connectivity index (χ0v) is 11.3. The van der Waals surface area contributed by atoms with Gasteiger partial charge in [0.1, 0.15) is 0 Å². The zero-order chi connectivity index (χ0) is 14.5. The summed E-state index contributed by atoms with van der Waals surface area (Å²) in [6.45, 7) is 0. The van der Waals surface area contributed by atoms with Crippen molar-refractivity contribution in [2.24, 2.45) is 0 Å². The quantitative estimate of drug-likeness (QED) is 0.564. The van der Waals surface area contributed by atoms with E-state index in [1.807, 2.05) is 18.2 Å². The van der Waals surface area contributed by atoms with Crippen molar-refractivity contribution in [3.8, 4) is 0 Å². The van der Waals surface area contributed by atoms with Crippen LogP contribution in [0.15, 0.2) is 42.5 Å². The molecule has 0 aliphatic rings. The molecule has 0 aromatic heterocycles. The summed E-state index contributed by atoms with van der Waals surface area (Å²) >= 11 is 6.09. The van der Waals surface area contributed by atoms with Gasteiger partial charge in [0.25, 0.3) is 0 Å². The summed E-state index contributed by atoms with van der Waals surface area (Å²) in [5.41, 5.74) is 2.72. The van der Waals surface area contributed by atoms with Gasteiger partial charge in [-0.2, -0.15) is 0 Å². The van der Waals surface area contributed by atoms with Crippen LogP contribution in [0, 0.1) is 0 Å². The first-order chi connectivity index (χ1) is 9.60. The standard InChI is InChI=1S/C14H12B2ClO3/c17-14-9-12(15-18)7-6-11(14)5-4-10-2-1-3-13(8-10)16(19)20/h1-9,18-20H/b5-4+. The average molecular weight is 285 g/mol. The lowest BCUT2D eigenvalue weighted by molar-refractivity contribution is 0.426. The molecule has 0 fully saturated rings. The molecule has 0 saturated heterocycles. The Labute approximate surface area is 123 Å². The van der Waals surface area contributed by atoms with Gasteiger partial charge in [0.05, 0.1) is 0 Å². The Kier molecular flexibility index (Phi) is 5.04. The van der Waals surface area contributed by atoms with Gasteiger partial charge in [-0.3, -0.25) is 0 Å². The van der Waals surface area contributed by atoms with Gasteiger partial charge in [0, 0.05) is 5.02 Å². The van der Waals surface area contributed by atoms with E-state index in [0.29, 0.717) is 15.9 Å². The van der Waals surface area contributed by atoms with Crippen LogP contribution in [-0.4, -0.2) is 29.7 Å². The first-order valence-corrected chi connectivity index (χ1v) is 6.39. The summed E-state index contributed by atoms with van der Waals surface area (Å²) in [4.78, 5) is 0. The molecule has 2 aromatic carbocycles. The van der Waals surface area contributed by atoms with E-state index in [0.717, 1.165) is 18.6 Å². The van der Waals surface area contributed by atoms with Crippen LogP contribution in [0.1, 0.15) is 11.1 Å². The summed E-state index contributed by atoms with van der Waals surface area (Å²) in [7, 11) is -0.489. The maximum atomic E-state index is 9.12. The minimum Gasteiger partial charge on any atom is -0.450 e. The summed E-state index contributed by atoms with van der Waals surface area (Å²) in [5, 5.41) is 27.7. The van der Waals surface area contributed by atoms with Gasteiger partial charge in [-0.25, -0.2) is 0 Å². The molecule has 1 radical (unpaired) electrons. The highest BCUT2D eigenvalue weighted by Crippen LogP contribution is 2.16. The molecule has 3 nitrogen and oxygen atoms in total. The fourth-order valence-electron chi connectivity index (χ4n) is 1.77. The fraction of sp³-hybridized carbons (Fsp3) is 0. The molecule has 2 aromatic rings. The van der Waals surface area contributed by atoms with Crippen molar-refractivity contribution >= 4 is 49.3 Å². The molecule has 3 N–H and O–H groups in total. The van der Waals surface area contributed by atoms with Crippen molar-refractivity contribution in [3.05, 3.63) is 58.6 Å². The Morgan fingerprint density at radius 2 is 1.85 bits per heavy atom. The number of halogens is 1. The highest BCUT2D eigenvalue weighted by Gasteiger charge is 2.09. The smallest absolute Gasteiger partial charge is 0.450 e. The molecule has 0 amide bonds. The Morgan fingerprint density at radius 3 is 2.50 bits per heavy atom. The highest BCUT2D eigenvalue weighted by molar-refractivity contribution is 6.58. The average Bonchev–Trinajstić information content (AvgIpc) is 2.46. The van der Waals surface area contributed by atoms with Crippen LogP contribution in [0.4, 0.5) is 0 Å². The van der Waals surface area contributed by atoms with Gasteiger partial charge >= 0.3 is 14.6 Å². The highest BCUT2D eigenvalue weighted by atomic mass is 35.5. The van der Waals surface area contributed by atoms with Crippen LogP contribution in [0.25, 0.3) is 12.2 Å². The normalized spacial score (nSPS) is 10.8. The van der Waals surface area contributed by atoms with Crippen LogP contribution in [0.5, 0.6) is 0 Å². The third-order valence-electron chi connectivity index (χ3n) is 2.84. The van der Waals surface area contributed by atoms with Crippen molar-refractivity contribution in [1.29, 1.82) is 0 Å². The van der Waals surface area contributed by atoms with Crippen LogP contribution in [0.3, 0.4) is 0 Å². The molecule has 0 aliphatic heterocycles. The first-order valence-electron chi connectivity index (χ1n) is 6.01. The second-order valence-electron chi connectivity index (χ2n) is 4.29. The summed E-state index contributed by atoms with van der Waals surface area (Å²) < 4.78 is 0. The van der Waals surface area contributed by atoms with E-state index in [1.165, 1.54) is 0 Å². The topological polar surface area (TPSA) is 60.7 Å². The minimum atomic E-state index is -1.48. The minimum absolute atomic E-state index is 0.434. The van der Waals surface area contributed by atoms with Crippen LogP contribution >= 0.6 is 11.6 Å².